The van der Waals surface area contributed by atoms with Gasteiger partial charge in [-0.05, 0) is 24.5 Å². The van der Waals surface area contributed by atoms with Crippen LogP contribution in [0.15, 0.2) is 29.4 Å². The molecule has 0 atom stereocenters. The number of carboxylic acid groups (broad SMARTS) is 1. The van der Waals surface area contributed by atoms with Gasteiger partial charge in [-0.25, -0.2) is 31.5 Å². The first-order chi connectivity index (χ1) is 10.8. The average Bonchev–Trinajstić information content (AvgIpc) is 2.52. The first-order valence-electron chi connectivity index (χ1n) is 6.04. The molecular weight excluding hydrogens is 363 g/mol. The zero-order valence-electron chi connectivity index (χ0n) is 11.8. The molecule has 0 bridgehead atoms. The molecule has 11 heteroatoms. The van der Waals surface area contributed by atoms with Gasteiger partial charge in [-0.1, -0.05) is 35.0 Å². The van der Waals surface area contributed by atoms with Crippen molar-refractivity contribution >= 4 is 58.2 Å². The van der Waals surface area contributed by atoms with Crippen molar-refractivity contribution in [3.05, 3.63) is 34.4 Å². The van der Waals surface area contributed by atoms with E-state index in [1.165, 1.54) is 36.0 Å². The molecule has 1 heterocycles. The van der Waals surface area contributed by atoms with Crippen molar-refractivity contribution in [2.45, 2.75) is 5.16 Å². The van der Waals surface area contributed by atoms with E-state index in [1.54, 1.807) is 6.26 Å². The van der Waals surface area contributed by atoms with Crippen LogP contribution in [0.4, 0.5) is 22.0 Å². The van der Waals surface area contributed by atoms with Gasteiger partial charge < -0.3 is 5.11 Å². The highest BCUT2D eigenvalue weighted by Gasteiger charge is 2.20. The number of nitrogens with two attached hydrogens (primary N) is 2. The summed E-state index contributed by atoms with van der Waals surface area (Å²) in [6, 6.07) is 5.84. The Hall–Kier alpha value is -1.78. The molecule has 2 aromatic rings. The van der Waals surface area contributed by atoms with Gasteiger partial charge in [0.05, 0.1) is 11.4 Å². The lowest BCUT2D eigenvalue weighted by Gasteiger charge is -2.24. The summed E-state index contributed by atoms with van der Waals surface area (Å²) in [5, 5.41) is 11.7. The van der Waals surface area contributed by atoms with Crippen molar-refractivity contribution < 1.29 is 9.90 Å². The summed E-state index contributed by atoms with van der Waals surface area (Å²) < 4.78 is 0. The van der Waals surface area contributed by atoms with Crippen LogP contribution in [0.2, 0.25) is 10.2 Å². The summed E-state index contributed by atoms with van der Waals surface area (Å²) in [7, 11) is 0. The lowest BCUT2D eigenvalue weighted by Crippen LogP contribution is -2.38. The highest BCUT2D eigenvalue weighted by molar-refractivity contribution is 7.98. The van der Waals surface area contributed by atoms with E-state index in [-0.39, 0.29) is 22.3 Å². The molecule has 23 heavy (non-hydrogen) atoms. The number of thioether (sulfide) groups is 1. The summed E-state index contributed by atoms with van der Waals surface area (Å²) in [6.07, 6.45) is 0.431. The number of amides is 1. The van der Waals surface area contributed by atoms with Gasteiger partial charge in [-0.15, -0.1) is 0 Å². The molecule has 1 amide bonds. The van der Waals surface area contributed by atoms with Crippen molar-refractivity contribution in [1.29, 1.82) is 0 Å². The Morgan fingerprint density at radius 3 is 2.52 bits per heavy atom. The molecule has 0 aliphatic heterocycles. The minimum atomic E-state index is -1.35. The maximum Gasteiger partial charge on any atom is 0.426 e. The minimum Gasteiger partial charge on any atom is -0.464 e. The smallest absolute Gasteiger partial charge is 0.426 e. The lowest BCUT2D eigenvalue weighted by molar-refractivity contribution is 0.202. The number of halogens is 2. The number of benzene rings is 1. The summed E-state index contributed by atoms with van der Waals surface area (Å²) >= 11 is 13.2. The van der Waals surface area contributed by atoms with Crippen LogP contribution in [0.3, 0.4) is 0 Å². The second-order valence-electron chi connectivity index (χ2n) is 4.19. The molecule has 0 saturated heterocycles. The summed E-state index contributed by atoms with van der Waals surface area (Å²) in [4.78, 5) is 19.3. The van der Waals surface area contributed by atoms with Gasteiger partial charge in [0.25, 0.3) is 0 Å². The predicted molar refractivity (Wildman–Crippen MR) is 91.3 cm³/mol. The van der Waals surface area contributed by atoms with Gasteiger partial charge >= 0.3 is 6.09 Å². The maximum absolute atomic E-state index is 11.1. The third-order valence-corrected chi connectivity index (χ3v) is 3.73. The quantitative estimate of drug-likeness (QED) is 0.186. The Labute approximate surface area is 145 Å². The molecule has 0 spiro atoms. The van der Waals surface area contributed by atoms with Crippen molar-refractivity contribution in [2.75, 3.05) is 16.3 Å². The fourth-order valence-corrected chi connectivity index (χ4v) is 2.49. The van der Waals surface area contributed by atoms with E-state index >= 15 is 0 Å². The van der Waals surface area contributed by atoms with Crippen LogP contribution >= 0.6 is 35.0 Å². The lowest BCUT2D eigenvalue weighted by atomic mass is 10.2. The summed E-state index contributed by atoms with van der Waals surface area (Å²) in [5.74, 6) is 11.9. The van der Waals surface area contributed by atoms with Gasteiger partial charge in [0.2, 0.25) is 0 Å². The maximum atomic E-state index is 11.1. The van der Waals surface area contributed by atoms with Gasteiger partial charge in [0.15, 0.2) is 11.0 Å². The van der Waals surface area contributed by atoms with E-state index < -0.39 is 6.09 Å². The van der Waals surface area contributed by atoms with Gasteiger partial charge in [-0.2, -0.15) is 0 Å². The largest absolute Gasteiger partial charge is 0.464 e. The number of aromatic nitrogens is 2. The number of hydrogen-bond acceptors (Lipinski definition) is 7. The first-order valence-corrected chi connectivity index (χ1v) is 8.02. The van der Waals surface area contributed by atoms with Crippen molar-refractivity contribution in [2.24, 2.45) is 11.7 Å². The molecule has 0 unspecified atom stereocenters. The SMILES string of the molecule is CSc1nc(Cl)cc(N(N)c2cc(Cl)ccc2N(N)C(=O)O)n1. The topological polar surface area (TPSA) is 122 Å². The number of rotatable bonds is 4. The van der Waals surface area contributed by atoms with Crippen LogP contribution < -0.4 is 21.7 Å². The Kier molecular flexibility index (Phi) is 5.50. The van der Waals surface area contributed by atoms with E-state index in [2.05, 4.69) is 9.97 Å². The minimum absolute atomic E-state index is 0.129. The average molecular weight is 375 g/mol. The second-order valence-corrected chi connectivity index (χ2v) is 5.79. The normalized spacial score (nSPS) is 10.5. The number of anilines is 3. The van der Waals surface area contributed by atoms with Crippen LogP contribution in [-0.4, -0.2) is 27.4 Å². The first kappa shape index (κ1) is 17.6. The van der Waals surface area contributed by atoms with E-state index in [0.717, 1.165) is 5.01 Å². The molecule has 5 N–H and O–H groups in total. The second kappa shape index (κ2) is 7.20. The molecule has 1 aromatic heterocycles. The number of nitrogens with zero attached hydrogens (tertiary/aromatic N) is 4. The van der Waals surface area contributed by atoms with Crippen LogP contribution in [0.5, 0.6) is 0 Å². The van der Waals surface area contributed by atoms with Crippen LogP contribution in [0.1, 0.15) is 0 Å². The predicted octanol–water partition coefficient (Wildman–Crippen LogP) is 2.88. The van der Waals surface area contributed by atoms with Crippen LogP contribution in [-0.2, 0) is 0 Å². The molecule has 0 saturated carbocycles. The Balaban J connectivity index is 2.54. The van der Waals surface area contributed by atoms with Crippen molar-refractivity contribution in [3.63, 3.8) is 0 Å². The molecule has 8 nitrogen and oxygen atoms in total. The standard InChI is InChI=1S/C12H12Cl2N6O2S/c1-23-11-17-9(14)5-10(18-11)19(15)8-4-6(13)2-3-7(8)20(16)12(21)22/h2-5H,15-16H2,1H3,(H,21,22). The molecule has 0 aliphatic rings. The fourth-order valence-electron chi connectivity index (χ4n) is 1.72. The molecular formula is C12H12Cl2N6O2S. The summed E-state index contributed by atoms with van der Waals surface area (Å²) in [5.41, 5.74) is 0.369. The molecule has 0 fully saturated rings. The molecule has 0 aliphatic carbocycles. The molecule has 122 valence electrons. The number of hydrazine groups is 2. The molecule has 0 radical (unpaired) electrons. The van der Waals surface area contributed by atoms with Crippen LogP contribution in [0, 0.1) is 0 Å². The van der Waals surface area contributed by atoms with E-state index in [9.17, 15) is 4.79 Å². The zero-order valence-corrected chi connectivity index (χ0v) is 14.1. The van der Waals surface area contributed by atoms with Gasteiger partial charge in [0, 0.05) is 11.1 Å². The Morgan fingerprint density at radius 1 is 1.22 bits per heavy atom. The van der Waals surface area contributed by atoms with Crippen molar-refractivity contribution in [3.8, 4) is 0 Å². The van der Waals surface area contributed by atoms with Crippen LogP contribution in [0.25, 0.3) is 0 Å². The summed E-state index contributed by atoms with van der Waals surface area (Å²) in [6.45, 7) is 0. The molecule has 1 aromatic carbocycles. The Bertz CT molecular complexity index is 747. The van der Waals surface area contributed by atoms with E-state index in [0.29, 0.717) is 15.2 Å². The van der Waals surface area contributed by atoms with E-state index in [4.69, 9.17) is 40.0 Å². The van der Waals surface area contributed by atoms with Gasteiger partial charge in [0.1, 0.15) is 5.15 Å². The monoisotopic (exact) mass is 374 g/mol. The molecule has 2 rings (SSSR count). The van der Waals surface area contributed by atoms with E-state index in [1.807, 2.05) is 0 Å². The third-order valence-electron chi connectivity index (χ3n) is 2.75. The van der Waals surface area contributed by atoms with Gasteiger partial charge in [-0.3, -0.25) is 5.01 Å². The fraction of sp³-hybridized carbons (Fsp3) is 0.0833. The number of hydrogen-bond donors (Lipinski definition) is 3. The number of carbonyl (C=O) groups is 1. The highest BCUT2D eigenvalue weighted by atomic mass is 35.5. The Morgan fingerprint density at radius 2 is 1.91 bits per heavy atom. The van der Waals surface area contributed by atoms with Crippen molar-refractivity contribution in [1.82, 2.24) is 9.97 Å². The zero-order chi connectivity index (χ0) is 17.1. The highest BCUT2D eigenvalue weighted by Crippen LogP contribution is 2.34. The third kappa shape index (κ3) is 3.95.